The summed E-state index contributed by atoms with van der Waals surface area (Å²) in [7, 11) is 1.41. The number of ether oxygens (including phenoxy) is 1. The Morgan fingerprint density at radius 1 is 1.47 bits per heavy atom. The van der Waals surface area contributed by atoms with Crippen LogP contribution in [0.25, 0.3) is 0 Å². The maximum absolute atomic E-state index is 13.4. The van der Waals surface area contributed by atoms with Gasteiger partial charge in [-0.15, -0.1) is 0 Å². The van der Waals surface area contributed by atoms with E-state index < -0.39 is 11.9 Å². The van der Waals surface area contributed by atoms with Crippen molar-refractivity contribution in [3.63, 3.8) is 0 Å². The second-order valence-electron chi connectivity index (χ2n) is 4.92. The summed E-state index contributed by atoms with van der Waals surface area (Å²) >= 11 is 0. The molecule has 1 aromatic carbocycles. The molecule has 0 bridgehead atoms. The normalized spacial score (nSPS) is 12.3. The van der Waals surface area contributed by atoms with E-state index in [0.29, 0.717) is 17.9 Å². The van der Waals surface area contributed by atoms with E-state index in [-0.39, 0.29) is 18.2 Å². The second kappa shape index (κ2) is 7.09. The number of benzene rings is 1. The Hall–Kier alpha value is -1.62. The summed E-state index contributed by atoms with van der Waals surface area (Å²) in [5, 5.41) is 2.70. The number of rotatable bonds is 6. The number of nitrogens with one attached hydrogen (secondary N) is 1. The van der Waals surface area contributed by atoms with Crippen LogP contribution in [-0.2, 0) is 11.3 Å². The van der Waals surface area contributed by atoms with Gasteiger partial charge in [-0.05, 0) is 30.0 Å². The van der Waals surface area contributed by atoms with Crippen LogP contribution in [0.5, 0.6) is 5.75 Å². The number of nitrogens with two attached hydrogens (primary N) is 1. The van der Waals surface area contributed by atoms with Crippen molar-refractivity contribution in [2.24, 2.45) is 11.7 Å². The van der Waals surface area contributed by atoms with Gasteiger partial charge in [-0.2, -0.15) is 0 Å². The first-order chi connectivity index (χ1) is 8.93. The molecular formula is C14H21FN2O2. The molecule has 1 rings (SSSR count). The molecule has 0 saturated carbocycles. The summed E-state index contributed by atoms with van der Waals surface area (Å²) in [5.41, 5.74) is 6.42. The van der Waals surface area contributed by atoms with Gasteiger partial charge in [-0.25, -0.2) is 4.39 Å². The highest BCUT2D eigenvalue weighted by Crippen LogP contribution is 2.17. The lowest BCUT2D eigenvalue weighted by atomic mass is 10.0. The zero-order valence-electron chi connectivity index (χ0n) is 11.6. The quantitative estimate of drug-likeness (QED) is 0.827. The minimum absolute atomic E-state index is 0.187. The molecule has 1 unspecified atom stereocenters. The van der Waals surface area contributed by atoms with Crippen molar-refractivity contribution in [3.8, 4) is 5.75 Å². The molecule has 5 heteroatoms. The first-order valence-electron chi connectivity index (χ1n) is 6.29. The summed E-state index contributed by atoms with van der Waals surface area (Å²) in [6.45, 7) is 4.27. The molecule has 106 valence electrons. The Labute approximate surface area is 113 Å². The molecule has 1 amide bonds. The Balaban J connectivity index is 2.52. The molecule has 3 N–H and O–H groups in total. The summed E-state index contributed by atoms with van der Waals surface area (Å²) in [6.07, 6.45) is 0.628. The van der Waals surface area contributed by atoms with Crippen LogP contribution in [-0.4, -0.2) is 19.1 Å². The summed E-state index contributed by atoms with van der Waals surface area (Å²) < 4.78 is 18.3. The third-order valence-corrected chi connectivity index (χ3v) is 2.75. The number of hydrogen-bond donors (Lipinski definition) is 2. The van der Waals surface area contributed by atoms with E-state index in [4.69, 9.17) is 10.5 Å². The fourth-order valence-electron chi connectivity index (χ4n) is 1.76. The molecule has 19 heavy (non-hydrogen) atoms. The van der Waals surface area contributed by atoms with Crippen molar-refractivity contribution in [2.45, 2.75) is 32.9 Å². The van der Waals surface area contributed by atoms with Crippen LogP contribution in [0.15, 0.2) is 18.2 Å². The topological polar surface area (TPSA) is 64.3 Å². The molecule has 0 aliphatic heterocycles. The minimum Gasteiger partial charge on any atom is -0.494 e. The Morgan fingerprint density at radius 2 is 2.16 bits per heavy atom. The van der Waals surface area contributed by atoms with E-state index in [0.717, 1.165) is 0 Å². The van der Waals surface area contributed by atoms with Gasteiger partial charge in [0.25, 0.3) is 0 Å². The number of hydrogen-bond acceptors (Lipinski definition) is 3. The van der Waals surface area contributed by atoms with E-state index >= 15 is 0 Å². The van der Waals surface area contributed by atoms with Crippen molar-refractivity contribution < 1.29 is 13.9 Å². The Kier molecular flexibility index (Phi) is 5.76. The van der Waals surface area contributed by atoms with E-state index in [1.165, 1.54) is 19.2 Å². The lowest BCUT2D eigenvalue weighted by Gasteiger charge is -2.14. The number of amides is 1. The number of halogens is 1. The standard InChI is InChI=1S/C14H21FN2O2/c1-9(2)6-12(16)14(18)17-8-10-4-5-13(19-3)11(15)7-10/h4-5,7,9,12H,6,8,16H2,1-3H3,(H,17,18). The molecule has 0 saturated heterocycles. The van der Waals surface area contributed by atoms with Gasteiger partial charge in [0.1, 0.15) is 0 Å². The Bertz CT molecular complexity index is 435. The Morgan fingerprint density at radius 3 is 2.68 bits per heavy atom. The zero-order chi connectivity index (χ0) is 14.4. The second-order valence-corrected chi connectivity index (χ2v) is 4.92. The molecule has 4 nitrogen and oxygen atoms in total. The van der Waals surface area contributed by atoms with Crippen molar-refractivity contribution in [1.82, 2.24) is 5.32 Å². The highest BCUT2D eigenvalue weighted by molar-refractivity contribution is 5.81. The molecule has 0 aliphatic carbocycles. The predicted octanol–water partition coefficient (Wildman–Crippen LogP) is 1.82. The van der Waals surface area contributed by atoms with Crippen molar-refractivity contribution in [3.05, 3.63) is 29.6 Å². The highest BCUT2D eigenvalue weighted by Gasteiger charge is 2.14. The smallest absolute Gasteiger partial charge is 0.237 e. The van der Waals surface area contributed by atoms with Gasteiger partial charge in [0.2, 0.25) is 5.91 Å². The molecular weight excluding hydrogens is 247 g/mol. The summed E-state index contributed by atoms with van der Waals surface area (Å²) in [4.78, 5) is 11.7. The van der Waals surface area contributed by atoms with Gasteiger partial charge >= 0.3 is 0 Å². The van der Waals surface area contributed by atoms with Gasteiger partial charge in [0.15, 0.2) is 11.6 Å². The summed E-state index contributed by atoms with van der Waals surface area (Å²) in [5.74, 6) is -0.114. The molecule has 0 fully saturated rings. The lowest BCUT2D eigenvalue weighted by Crippen LogP contribution is -2.41. The minimum atomic E-state index is -0.525. The fourth-order valence-corrected chi connectivity index (χ4v) is 1.76. The third kappa shape index (κ3) is 4.87. The van der Waals surface area contributed by atoms with E-state index in [9.17, 15) is 9.18 Å². The van der Waals surface area contributed by atoms with Crippen molar-refractivity contribution in [1.29, 1.82) is 0 Å². The van der Waals surface area contributed by atoms with E-state index in [1.807, 2.05) is 13.8 Å². The first kappa shape index (κ1) is 15.4. The van der Waals surface area contributed by atoms with Crippen LogP contribution in [0.3, 0.4) is 0 Å². The maximum atomic E-state index is 13.4. The van der Waals surface area contributed by atoms with Crippen molar-refractivity contribution >= 4 is 5.91 Å². The fraction of sp³-hybridized carbons (Fsp3) is 0.500. The predicted molar refractivity (Wildman–Crippen MR) is 72.2 cm³/mol. The van der Waals surface area contributed by atoms with E-state index in [2.05, 4.69) is 5.32 Å². The number of methoxy groups -OCH3 is 1. The monoisotopic (exact) mass is 268 g/mol. The highest BCUT2D eigenvalue weighted by atomic mass is 19.1. The van der Waals surface area contributed by atoms with Gasteiger partial charge < -0.3 is 15.8 Å². The van der Waals surface area contributed by atoms with Crippen LogP contribution in [0.1, 0.15) is 25.8 Å². The van der Waals surface area contributed by atoms with Crippen LogP contribution in [0.2, 0.25) is 0 Å². The third-order valence-electron chi connectivity index (χ3n) is 2.75. The van der Waals surface area contributed by atoms with Gasteiger partial charge in [-0.1, -0.05) is 19.9 Å². The maximum Gasteiger partial charge on any atom is 0.237 e. The number of carbonyl (C=O) groups excluding carboxylic acids is 1. The van der Waals surface area contributed by atoms with Crippen LogP contribution < -0.4 is 15.8 Å². The van der Waals surface area contributed by atoms with Gasteiger partial charge in [0.05, 0.1) is 13.2 Å². The van der Waals surface area contributed by atoms with Gasteiger partial charge in [0, 0.05) is 6.54 Å². The van der Waals surface area contributed by atoms with Crippen LogP contribution >= 0.6 is 0 Å². The van der Waals surface area contributed by atoms with Crippen molar-refractivity contribution in [2.75, 3.05) is 7.11 Å². The first-order valence-corrected chi connectivity index (χ1v) is 6.29. The largest absolute Gasteiger partial charge is 0.494 e. The van der Waals surface area contributed by atoms with E-state index in [1.54, 1.807) is 6.07 Å². The SMILES string of the molecule is COc1ccc(CNC(=O)C(N)CC(C)C)cc1F. The molecule has 1 atom stereocenters. The lowest BCUT2D eigenvalue weighted by molar-refractivity contribution is -0.122. The molecule has 0 radical (unpaired) electrons. The van der Waals surface area contributed by atoms with Crippen LogP contribution in [0.4, 0.5) is 4.39 Å². The average Bonchev–Trinajstić information content (AvgIpc) is 2.35. The zero-order valence-corrected chi connectivity index (χ0v) is 11.6. The molecule has 1 aromatic rings. The molecule has 0 aliphatic rings. The molecule has 0 heterocycles. The molecule has 0 aromatic heterocycles. The molecule has 0 spiro atoms. The van der Waals surface area contributed by atoms with Crippen LogP contribution in [0, 0.1) is 11.7 Å². The average molecular weight is 268 g/mol. The summed E-state index contributed by atoms with van der Waals surface area (Å²) in [6, 6.07) is 4.05. The van der Waals surface area contributed by atoms with Gasteiger partial charge in [-0.3, -0.25) is 4.79 Å². The number of carbonyl (C=O) groups is 1.